The standard InChI is InChI=1S/C29H34N2O7/c32-26(7-4-14-35-24-12-10-23(11-13-24)22-8-9-22)30-18-27(33)31-20-29(37-15-16-38-29)17-25(31)28(34)36-19-21-5-2-1-3-6-21/h1-3,5-6,10-13,22,25H,4,7-9,14-20H2,(H,30,32)/t25-/m0/s1. The molecule has 0 radical (unpaired) electrons. The molecule has 2 heterocycles. The van der Waals surface area contributed by atoms with Gasteiger partial charge in [-0.2, -0.15) is 0 Å². The molecule has 0 bridgehead atoms. The van der Waals surface area contributed by atoms with Crippen LogP contribution >= 0.6 is 0 Å². The van der Waals surface area contributed by atoms with Crippen LogP contribution in [-0.4, -0.2) is 67.4 Å². The van der Waals surface area contributed by atoms with Gasteiger partial charge in [-0.3, -0.25) is 9.59 Å². The average molecular weight is 523 g/mol. The normalized spacial score (nSPS) is 19.9. The third-order valence-electron chi connectivity index (χ3n) is 7.10. The molecular formula is C29H34N2O7. The van der Waals surface area contributed by atoms with Gasteiger partial charge in [-0.05, 0) is 48.4 Å². The minimum absolute atomic E-state index is 0.108. The number of hydrogen-bond donors (Lipinski definition) is 1. The Hall–Kier alpha value is -3.43. The van der Waals surface area contributed by atoms with Gasteiger partial charge in [-0.1, -0.05) is 42.5 Å². The van der Waals surface area contributed by atoms with E-state index in [0.717, 1.165) is 11.3 Å². The van der Waals surface area contributed by atoms with Crippen LogP contribution in [0.15, 0.2) is 54.6 Å². The number of rotatable bonds is 11. The Bertz CT molecular complexity index is 1110. The molecule has 1 saturated carbocycles. The average Bonchev–Trinajstić information content (AvgIpc) is 3.59. The molecule has 2 aliphatic heterocycles. The van der Waals surface area contributed by atoms with Crippen LogP contribution in [0.4, 0.5) is 0 Å². The van der Waals surface area contributed by atoms with E-state index in [1.807, 2.05) is 42.5 Å². The quantitative estimate of drug-likeness (QED) is 0.358. The van der Waals surface area contributed by atoms with Crippen LogP contribution in [0.1, 0.15) is 49.1 Å². The van der Waals surface area contributed by atoms with Crippen LogP contribution in [0.5, 0.6) is 5.75 Å². The number of carbonyl (C=O) groups is 3. The number of likely N-dealkylation sites (tertiary alicyclic amines) is 1. The number of ether oxygens (including phenoxy) is 4. The Morgan fingerprint density at radius 1 is 1.00 bits per heavy atom. The van der Waals surface area contributed by atoms with E-state index in [0.29, 0.717) is 32.2 Å². The molecule has 3 fully saturated rings. The maximum atomic E-state index is 13.0. The van der Waals surface area contributed by atoms with Crippen molar-refractivity contribution >= 4 is 17.8 Å². The zero-order valence-electron chi connectivity index (χ0n) is 21.4. The van der Waals surface area contributed by atoms with Crippen LogP contribution < -0.4 is 10.1 Å². The molecule has 0 aromatic heterocycles. The van der Waals surface area contributed by atoms with E-state index in [4.69, 9.17) is 18.9 Å². The van der Waals surface area contributed by atoms with Gasteiger partial charge in [0.2, 0.25) is 11.8 Å². The Labute approximate surface area is 222 Å². The molecule has 2 aromatic carbocycles. The van der Waals surface area contributed by atoms with Crippen molar-refractivity contribution in [3.05, 3.63) is 65.7 Å². The van der Waals surface area contributed by atoms with E-state index < -0.39 is 17.8 Å². The summed E-state index contributed by atoms with van der Waals surface area (Å²) in [6.45, 7) is 1.20. The van der Waals surface area contributed by atoms with Gasteiger partial charge in [0.1, 0.15) is 18.4 Å². The van der Waals surface area contributed by atoms with Crippen molar-refractivity contribution in [1.29, 1.82) is 0 Å². The van der Waals surface area contributed by atoms with Crippen LogP contribution in [0.2, 0.25) is 0 Å². The van der Waals surface area contributed by atoms with E-state index >= 15 is 0 Å². The van der Waals surface area contributed by atoms with Crippen molar-refractivity contribution in [2.75, 3.05) is 32.9 Å². The number of carbonyl (C=O) groups excluding carboxylic acids is 3. The molecule has 0 unspecified atom stereocenters. The molecular weight excluding hydrogens is 488 g/mol. The van der Waals surface area contributed by atoms with Crippen LogP contribution in [0.25, 0.3) is 0 Å². The summed E-state index contributed by atoms with van der Waals surface area (Å²) in [5.41, 5.74) is 2.20. The molecule has 1 spiro atoms. The number of benzene rings is 2. The second kappa shape index (κ2) is 12.0. The van der Waals surface area contributed by atoms with Gasteiger partial charge in [-0.15, -0.1) is 0 Å². The van der Waals surface area contributed by atoms with E-state index in [2.05, 4.69) is 17.4 Å². The molecule has 5 rings (SSSR count). The summed E-state index contributed by atoms with van der Waals surface area (Å²) in [7, 11) is 0. The van der Waals surface area contributed by atoms with Crippen molar-refractivity contribution in [2.24, 2.45) is 0 Å². The van der Waals surface area contributed by atoms with Crippen molar-refractivity contribution < 1.29 is 33.3 Å². The second-order valence-corrected chi connectivity index (χ2v) is 10.0. The first-order valence-electron chi connectivity index (χ1n) is 13.3. The first kappa shape index (κ1) is 26.2. The predicted octanol–water partition coefficient (Wildman–Crippen LogP) is 2.93. The summed E-state index contributed by atoms with van der Waals surface area (Å²) in [4.78, 5) is 39.7. The lowest BCUT2D eigenvalue weighted by atomic mass is 10.1. The topological polar surface area (TPSA) is 103 Å². The molecule has 2 aromatic rings. The zero-order chi connectivity index (χ0) is 26.4. The highest BCUT2D eigenvalue weighted by Crippen LogP contribution is 2.40. The van der Waals surface area contributed by atoms with Gasteiger partial charge in [-0.25, -0.2) is 4.79 Å². The van der Waals surface area contributed by atoms with Crippen LogP contribution in [-0.2, 0) is 35.2 Å². The molecule has 38 heavy (non-hydrogen) atoms. The fourth-order valence-electron chi connectivity index (χ4n) is 4.88. The molecule has 2 saturated heterocycles. The number of nitrogens with zero attached hydrogens (tertiary/aromatic N) is 1. The molecule has 2 amide bonds. The minimum atomic E-state index is -1.01. The Morgan fingerprint density at radius 2 is 1.74 bits per heavy atom. The summed E-state index contributed by atoms with van der Waals surface area (Å²) in [6.07, 6.45) is 3.47. The van der Waals surface area contributed by atoms with Gasteiger partial charge >= 0.3 is 5.97 Å². The van der Waals surface area contributed by atoms with Gasteiger partial charge in [0.05, 0.1) is 32.9 Å². The minimum Gasteiger partial charge on any atom is -0.494 e. The maximum Gasteiger partial charge on any atom is 0.329 e. The van der Waals surface area contributed by atoms with Gasteiger partial charge in [0.15, 0.2) is 5.79 Å². The summed E-state index contributed by atoms with van der Waals surface area (Å²) in [5.74, 6) is -0.680. The third-order valence-corrected chi connectivity index (χ3v) is 7.10. The molecule has 1 N–H and O–H groups in total. The lowest BCUT2D eigenvalue weighted by Gasteiger charge is -2.24. The smallest absolute Gasteiger partial charge is 0.329 e. The predicted molar refractivity (Wildman–Crippen MR) is 137 cm³/mol. The van der Waals surface area contributed by atoms with Crippen molar-refractivity contribution in [3.63, 3.8) is 0 Å². The summed E-state index contributed by atoms with van der Waals surface area (Å²) in [6, 6.07) is 16.6. The fraction of sp³-hybridized carbons (Fsp3) is 0.483. The van der Waals surface area contributed by atoms with Gasteiger partial charge in [0.25, 0.3) is 0 Å². The Kier molecular flexibility index (Phi) is 8.24. The van der Waals surface area contributed by atoms with E-state index in [1.54, 1.807) is 0 Å². The molecule has 3 aliphatic rings. The van der Waals surface area contributed by atoms with Crippen molar-refractivity contribution in [1.82, 2.24) is 10.2 Å². The molecule has 1 atom stereocenters. The highest BCUT2D eigenvalue weighted by atomic mass is 16.7. The van der Waals surface area contributed by atoms with Gasteiger partial charge in [0, 0.05) is 12.8 Å². The number of hydrogen-bond acceptors (Lipinski definition) is 7. The molecule has 1 aliphatic carbocycles. The maximum absolute atomic E-state index is 13.0. The Morgan fingerprint density at radius 3 is 2.45 bits per heavy atom. The lowest BCUT2D eigenvalue weighted by Crippen LogP contribution is -2.46. The third kappa shape index (κ3) is 6.71. The van der Waals surface area contributed by atoms with E-state index in [-0.39, 0.29) is 44.4 Å². The van der Waals surface area contributed by atoms with Crippen LogP contribution in [0, 0.1) is 0 Å². The molecule has 202 valence electrons. The second-order valence-electron chi connectivity index (χ2n) is 10.0. The summed E-state index contributed by atoms with van der Waals surface area (Å²) >= 11 is 0. The zero-order valence-corrected chi connectivity index (χ0v) is 21.4. The van der Waals surface area contributed by atoms with E-state index in [9.17, 15) is 14.4 Å². The number of amides is 2. The first-order chi connectivity index (χ1) is 18.5. The lowest BCUT2D eigenvalue weighted by molar-refractivity contribution is -0.155. The first-order valence-corrected chi connectivity index (χ1v) is 13.3. The van der Waals surface area contributed by atoms with E-state index in [1.165, 1.54) is 23.3 Å². The SMILES string of the molecule is O=C(CCCOc1ccc(C2CC2)cc1)NCC(=O)N1CC2(C[C@H]1C(=O)OCc1ccccc1)OCCO2. The highest BCUT2D eigenvalue weighted by Gasteiger charge is 2.53. The summed E-state index contributed by atoms with van der Waals surface area (Å²) in [5, 5.41) is 2.66. The van der Waals surface area contributed by atoms with Crippen LogP contribution in [0.3, 0.4) is 0 Å². The number of esters is 1. The monoisotopic (exact) mass is 522 g/mol. The molecule has 9 nitrogen and oxygen atoms in total. The highest BCUT2D eigenvalue weighted by molar-refractivity contribution is 5.89. The molecule has 9 heteroatoms. The van der Waals surface area contributed by atoms with Crippen molar-refractivity contribution in [2.45, 2.75) is 56.5 Å². The number of nitrogens with one attached hydrogen (secondary N) is 1. The van der Waals surface area contributed by atoms with Crippen molar-refractivity contribution in [3.8, 4) is 5.75 Å². The van der Waals surface area contributed by atoms with Gasteiger partial charge < -0.3 is 29.2 Å². The fourth-order valence-corrected chi connectivity index (χ4v) is 4.88. The largest absolute Gasteiger partial charge is 0.494 e. The Balaban J connectivity index is 1.06. The summed E-state index contributed by atoms with van der Waals surface area (Å²) < 4.78 is 22.7.